The van der Waals surface area contributed by atoms with Gasteiger partial charge in [0.1, 0.15) is 18.9 Å². The van der Waals surface area contributed by atoms with Crippen LogP contribution in [-0.4, -0.2) is 32.6 Å². The highest BCUT2D eigenvalue weighted by molar-refractivity contribution is 6.33. The van der Waals surface area contributed by atoms with E-state index in [9.17, 15) is 4.79 Å². The molecule has 1 heterocycles. The van der Waals surface area contributed by atoms with E-state index >= 15 is 0 Å². The lowest BCUT2D eigenvalue weighted by atomic mass is 10.0. The van der Waals surface area contributed by atoms with Gasteiger partial charge in [0.15, 0.2) is 5.78 Å². The van der Waals surface area contributed by atoms with Crippen LogP contribution in [0.25, 0.3) is 11.4 Å². The summed E-state index contributed by atoms with van der Waals surface area (Å²) in [5.41, 5.74) is 1.98. The number of hydrogen-bond acceptors (Lipinski definition) is 5. The summed E-state index contributed by atoms with van der Waals surface area (Å²) in [6.07, 6.45) is 8.84. The second-order valence-corrected chi connectivity index (χ2v) is 8.02. The highest BCUT2D eigenvalue weighted by atomic mass is 35.5. The van der Waals surface area contributed by atoms with Crippen molar-refractivity contribution in [3.63, 3.8) is 0 Å². The molecule has 1 aromatic heterocycles. The summed E-state index contributed by atoms with van der Waals surface area (Å²) < 4.78 is 5.62. The van der Waals surface area contributed by atoms with Crippen LogP contribution in [0, 0.1) is 0 Å². The molecule has 2 aromatic carbocycles. The van der Waals surface area contributed by atoms with Gasteiger partial charge in [-0.1, -0.05) is 74.9 Å². The lowest BCUT2D eigenvalue weighted by molar-refractivity contribution is -0.122. The fourth-order valence-corrected chi connectivity index (χ4v) is 3.51. The predicted octanol–water partition coefficient (Wildman–Crippen LogP) is 5.54. The minimum atomic E-state index is -0.140. The monoisotopic (exact) mass is 440 g/mol. The van der Waals surface area contributed by atoms with Crippen molar-refractivity contribution >= 4 is 17.4 Å². The van der Waals surface area contributed by atoms with Gasteiger partial charge in [0.2, 0.25) is 5.82 Å². The molecule has 0 amide bonds. The van der Waals surface area contributed by atoms with Crippen molar-refractivity contribution in [1.29, 1.82) is 0 Å². The average molecular weight is 441 g/mol. The van der Waals surface area contributed by atoms with Crippen LogP contribution in [-0.2, 0) is 17.8 Å². The van der Waals surface area contributed by atoms with E-state index < -0.39 is 0 Å². The smallest absolute Gasteiger partial charge is 0.206 e. The Bertz CT molecular complexity index is 956. The fraction of sp³-hybridized carbons (Fsp3) is 0.417. The number of aromatic nitrogens is 4. The average Bonchev–Trinajstić information content (AvgIpc) is 3.24. The molecule has 6 nitrogen and oxygen atoms in total. The highest BCUT2D eigenvalue weighted by Gasteiger charge is 2.12. The molecule has 0 radical (unpaired) electrons. The summed E-state index contributed by atoms with van der Waals surface area (Å²) >= 11 is 6.15. The van der Waals surface area contributed by atoms with E-state index in [1.54, 1.807) is 6.07 Å². The van der Waals surface area contributed by atoms with E-state index in [0.717, 1.165) is 6.42 Å². The molecular weight excluding hydrogens is 412 g/mol. The second kappa shape index (κ2) is 12.2. The van der Waals surface area contributed by atoms with Gasteiger partial charge in [-0.25, -0.2) is 0 Å². The molecular formula is C24H29ClN4O2. The number of unbranched alkanes of at least 4 members (excludes halogenated alkanes) is 5. The molecule has 0 aliphatic carbocycles. The third-order valence-electron chi connectivity index (χ3n) is 5.03. The Kier molecular flexibility index (Phi) is 9.03. The van der Waals surface area contributed by atoms with E-state index in [2.05, 4.69) is 34.5 Å². The number of nitrogens with zero attached hydrogens (tertiary/aromatic N) is 4. The molecule has 0 fully saturated rings. The molecule has 0 N–H and O–H groups in total. The zero-order chi connectivity index (χ0) is 21.9. The van der Waals surface area contributed by atoms with Gasteiger partial charge in [-0.15, -0.1) is 10.2 Å². The van der Waals surface area contributed by atoms with Crippen LogP contribution in [0.3, 0.4) is 0 Å². The Balaban J connectivity index is 1.40. The number of carbonyl (C=O) groups is 1. The molecule has 0 spiro atoms. The third kappa shape index (κ3) is 7.47. The van der Waals surface area contributed by atoms with E-state index in [-0.39, 0.29) is 18.9 Å². The van der Waals surface area contributed by atoms with Crippen LogP contribution in [0.4, 0.5) is 0 Å². The van der Waals surface area contributed by atoms with Crippen molar-refractivity contribution in [2.24, 2.45) is 0 Å². The number of carbonyl (C=O) groups excluding carboxylic acids is 1. The maximum atomic E-state index is 12.2. The summed E-state index contributed by atoms with van der Waals surface area (Å²) in [7, 11) is 0. The van der Waals surface area contributed by atoms with E-state index in [1.807, 2.05) is 30.3 Å². The molecule has 0 saturated carbocycles. The normalized spacial score (nSPS) is 10.9. The zero-order valence-electron chi connectivity index (χ0n) is 18.0. The maximum absolute atomic E-state index is 12.2. The summed E-state index contributed by atoms with van der Waals surface area (Å²) in [5, 5.41) is 12.7. The van der Waals surface area contributed by atoms with Crippen molar-refractivity contribution < 1.29 is 9.53 Å². The molecule has 0 unspecified atom stereocenters. The summed E-state index contributed by atoms with van der Waals surface area (Å²) in [5.74, 6) is 0.933. The standard InChI is InChI=1S/C24H29ClN4O2/c1-2-3-4-5-6-7-10-19-13-15-21(16-14-19)31-18-20(30)17-29-27-24(26-28-29)22-11-8-9-12-23(22)25/h8-9,11-16H,2-7,10,17-18H2,1H3. The highest BCUT2D eigenvalue weighted by Crippen LogP contribution is 2.23. The van der Waals surface area contributed by atoms with Crippen LogP contribution in [0.15, 0.2) is 48.5 Å². The van der Waals surface area contributed by atoms with Gasteiger partial charge in [0, 0.05) is 5.56 Å². The van der Waals surface area contributed by atoms with Gasteiger partial charge in [0.25, 0.3) is 0 Å². The Labute approximate surface area is 188 Å². The van der Waals surface area contributed by atoms with Gasteiger partial charge in [-0.05, 0) is 47.9 Å². The van der Waals surface area contributed by atoms with Crippen LogP contribution >= 0.6 is 11.6 Å². The largest absolute Gasteiger partial charge is 0.486 e. The second-order valence-electron chi connectivity index (χ2n) is 7.61. The van der Waals surface area contributed by atoms with Crippen LogP contribution in [0.2, 0.25) is 5.02 Å². The lowest BCUT2D eigenvalue weighted by Gasteiger charge is -2.07. The molecule has 0 saturated heterocycles. The maximum Gasteiger partial charge on any atom is 0.206 e. The minimum absolute atomic E-state index is 0.00638. The van der Waals surface area contributed by atoms with E-state index in [4.69, 9.17) is 16.3 Å². The van der Waals surface area contributed by atoms with Crippen molar-refractivity contribution in [2.75, 3.05) is 6.61 Å². The topological polar surface area (TPSA) is 69.9 Å². The minimum Gasteiger partial charge on any atom is -0.486 e. The molecule has 3 rings (SSSR count). The summed E-state index contributed by atoms with van der Waals surface area (Å²) in [4.78, 5) is 13.5. The number of Topliss-reactive ketones (excluding diaryl/α,β-unsaturated/α-hetero) is 1. The van der Waals surface area contributed by atoms with Crippen molar-refractivity contribution in [3.05, 3.63) is 59.1 Å². The van der Waals surface area contributed by atoms with Crippen LogP contribution in [0.5, 0.6) is 5.75 Å². The number of tetrazole rings is 1. The first kappa shape index (κ1) is 22.9. The molecule has 3 aromatic rings. The molecule has 0 aliphatic rings. The number of ether oxygens (including phenoxy) is 1. The molecule has 0 bridgehead atoms. The number of benzene rings is 2. The third-order valence-corrected chi connectivity index (χ3v) is 5.36. The van der Waals surface area contributed by atoms with Gasteiger partial charge in [-0.3, -0.25) is 4.79 Å². The number of rotatable bonds is 13. The Morgan fingerprint density at radius 1 is 1.00 bits per heavy atom. The van der Waals surface area contributed by atoms with Gasteiger partial charge in [-0.2, -0.15) is 4.80 Å². The molecule has 7 heteroatoms. The Hall–Kier alpha value is -2.73. The first-order valence-electron chi connectivity index (χ1n) is 10.9. The van der Waals surface area contributed by atoms with Crippen molar-refractivity contribution in [3.8, 4) is 17.1 Å². The SMILES string of the molecule is CCCCCCCCc1ccc(OCC(=O)Cn2nnc(-c3ccccc3Cl)n2)cc1. The number of hydrogen-bond donors (Lipinski definition) is 0. The number of halogens is 1. The van der Waals surface area contributed by atoms with E-state index in [1.165, 1.54) is 48.9 Å². The predicted molar refractivity (Wildman–Crippen MR) is 122 cm³/mol. The van der Waals surface area contributed by atoms with Crippen molar-refractivity contribution in [1.82, 2.24) is 20.2 Å². The van der Waals surface area contributed by atoms with Crippen LogP contribution < -0.4 is 4.74 Å². The number of aryl methyl sites for hydroxylation is 1. The summed E-state index contributed by atoms with van der Waals surface area (Å²) in [6, 6.07) is 15.2. The molecule has 31 heavy (non-hydrogen) atoms. The van der Waals surface area contributed by atoms with Gasteiger partial charge >= 0.3 is 0 Å². The Morgan fingerprint density at radius 2 is 1.74 bits per heavy atom. The van der Waals surface area contributed by atoms with Crippen molar-refractivity contribution in [2.45, 2.75) is 58.4 Å². The fourth-order valence-electron chi connectivity index (χ4n) is 3.29. The molecule has 0 atom stereocenters. The van der Waals surface area contributed by atoms with E-state index in [0.29, 0.717) is 22.2 Å². The van der Waals surface area contributed by atoms with Crippen LogP contribution in [0.1, 0.15) is 51.0 Å². The quantitative estimate of drug-likeness (QED) is 0.326. The van der Waals surface area contributed by atoms with Gasteiger partial charge in [0.05, 0.1) is 5.02 Å². The summed E-state index contributed by atoms with van der Waals surface area (Å²) in [6.45, 7) is 2.19. The first-order chi connectivity index (χ1) is 15.2. The first-order valence-corrected chi connectivity index (χ1v) is 11.3. The van der Waals surface area contributed by atoms with Gasteiger partial charge < -0.3 is 4.74 Å². The molecule has 0 aliphatic heterocycles. The zero-order valence-corrected chi connectivity index (χ0v) is 18.7. The Morgan fingerprint density at radius 3 is 2.52 bits per heavy atom. The molecule has 164 valence electrons. The lowest BCUT2D eigenvalue weighted by Crippen LogP contribution is -2.19. The number of ketones is 1.